The molecular formula is C7H13F2NOS. The van der Waals surface area contributed by atoms with Gasteiger partial charge in [0, 0.05) is 11.2 Å². The van der Waals surface area contributed by atoms with Gasteiger partial charge in [0.2, 0.25) is 0 Å². The van der Waals surface area contributed by atoms with E-state index in [1.807, 2.05) is 6.26 Å². The van der Waals surface area contributed by atoms with Gasteiger partial charge in [-0.05, 0) is 6.26 Å². The minimum absolute atomic E-state index is 0.508. The van der Waals surface area contributed by atoms with Crippen molar-refractivity contribution in [1.82, 2.24) is 0 Å². The van der Waals surface area contributed by atoms with Crippen molar-refractivity contribution in [3.63, 3.8) is 0 Å². The van der Waals surface area contributed by atoms with Crippen LogP contribution in [0.25, 0.3) is 0 Å². The highest BCUT2D eigenvalue weighted by Crippen LogP contribution is 2.30. The van der Waals surface area contributed by atoms with Crippen LogP contribution in [0.3, 0.4) is 0 Å². The lowest BCUT2D eigenvalue weighted by atomic mass is 9.87. The lowest BCUT2D eigenvalue weighted by molar-refractivity contribution is 0.0681. The standard InChI is InChI=1S/C7H13F2NOS/c1-7(2,4-12-3)5(10-11)6(8)9/h5-6H,4H2,1-3H3. The minimum atomic E-state index is -2.66. The van der Waals surface area contributed by atoms with Crippen LogP contribution in [0.5, 0.6) is 0 Å². The highest BCUT2D eigenvalue weighted by Gasteiger charge is 2.37. The van der Waals surface area contributed by atoms with Gasteiger partial charge in [0.25, 0.3) is 6.43 Å². The van der Waals surface area contributed by atoms with E-state index in [1.165, 1.54) is 11.8 Å². The zero-order chi connectivity index (χ0) is 9.78. The van der Waals surface area contributed by atoms with Crippen molar-refractivity contribution in [3.05, 3.63) is 4.91 Å². The Kier molecular flexibility index (Phi) is 4.67. The molecule has 72 valence electrons. The summed E-state index contributed by atoms with van der Waals surface area (Å²) in [5.41, 5.74) is -0.727. The summed E-state index contributed by atoms with van der Waals surface area (Å²) < 4.78 is 24.4. The molecule has 0 rings (SSSR count). The second-order valence-electron chi connectivity index (χ2n) is 3.31. The molecule has 0 amide bonds. The van der Waals surface area contributed by atoms with E-state index in [2.05, 4.69) is 5.18 Å². The van der Waals surface area contributed by atoms with Crippen molar-refractivity contribution in [2.75, 3.05) is 12.0 Å². The zero-order valence-corrected chi connectivity index (χ0v) is 8.20. The van der Waals surface area contributed by atoms with Crippen LogP contribution in [-0.2, 0) is 0 Å². The van der Waals surface area contributed by atoms with Crippen molar-refractivity contribution in [1.29, 1.82) is 0 Å². The maximum Gasteiger partial charge on any atom is 0.264 e. The Labute approximate surface area is 75.1 Å². The molecule has 0 radical (unpaired) electrons. The van der Waals surface area contributed by atoms with Gasteiger partial charge in [-0.25, -0.2) is 8.78 Å². The lowest BCUT2D eigenvalue weighted by Crippen LogP contribution is -2.35. The molecule has 2 nitrogen and oxygen atoms in total. The molecule has 1 unspecified atom stereocenters. The molecule has 0 bridgehead atoms. The van der Waals surface area contributed by atoms with Gasteiger partial charge in [0.1, 0.15) is 0 Å². The Morgan fingerprint density at radius 2 is 2.00 bits per heavy atom. The molecule has 5 heteroatoms. The summed E-state index contributed by atoms with van der Waals surface area (Å²) in [7, 11) is 0. The fourth-order valence-corrected chi connectivity index (χ4v) is 1.90. The fourth-order valence-electron chi connectivity index (χ4n) is 0.987. The highest BCUT2D eigenvalue weighted by atomic mass is 32.2. The third-order valence-corrected chi connectivity index (χ3v) is 2.70. The van der Waals surface area contributed by atoms with Crippen LogP contribution in [0.2, 0.25) is 0 Å². The molecule has 0 aliphatic heterocycles. The Morgan fingerprint density at radius 3 is 2.25 bits per heavy atom. The van der Waals surface area contributed by atoms with Crippen molar-refractivity contribution >= 4 is 11.8 Å². The van der Waals surface area contributed by atoms with E-state index in [-0.39, 0.29) is 0 Å². The Balaban J connectivity index is 4.35. The van der Waals surface area contributed by atoms with E-state index < -0.39 is 17.9 Å². The normalized spacial score (nSPS) is 14.8. The number of nitroso groups, excluding NO2 is 1. The molecule has 0 saturated heterocycles. The van der Waals surface area contributed by atoms with Crippen LogP contribution in [0, 0.1) is 10.3 Å². The summed E-state index contributed by atoms with van der Waals surface area (Å²) in [6.45, 7) is 3.25. The molecule has 0 heterocycles. The predicted octanol–water partition coefficient (Wildman–Crippen LogP) is 2.78. The van der Waals surface area contributed by atoms with E-state index in [4.69, 9.17) is 0 Å². The quantitative estimate of drug-likeness (QED) is 0.634. The number of alkyl halides is 2. The first-order valence-electron chi connectivity index (χ1n) is 3.55. The second-order valence-corrected chi connectivity index (χ2v) is 4.17. The van der Waals surface area contributed by atoms with E-state index in [0.29, 0.717) is 5.75 Å². The van der Waals surface area contributed by atoms with Crippen LogP contribution in [0.15, 0.2) is 5.18 Å². The van der Waals surface area contributed by atoms with Crippen molar-refractivity contribution < 1.29 is 8.78 Å². The first kappa shape index (κ1) is 11.8. The molecule has 0 saturated carbocycles. The fraction of sp³-hybridized carbons (Fsp3) is 1.00. The molecule has 0 aromatic rings. The summed E-state index contributed by atoms with van der Waals surface area (Å²) in [5, 5.41) is 2.46. The first-order valence-corrected chi connectivity index (χ1v) is 4.94. The van der Waals surface area contributed by atoms with Crippen LogP contribution in [0.4, 0.5) is 8.78 Å². The molecule has 1 atom stereocenters. The van der Waals surface area contributed by atoms with Crippen molar-refractivity contribution in [2.45, 2.75) is 26.3 Å². The lowest BCUT2D eigenvalue weighted by Gasteiger charge is -2.27. The van der Waals surface area contributed by atoms with Gasteiger partial charge in [-0.1, -0.05) is 19.0 Å². The smallest absolute Gasteiger partial charge is 0.208 e. The summed E-state index contributed by atoms with van der Waals surface area (Å²) in [5.74, 6) is 0.508. The highest BCUT2D eigenvalue weighted by molar-refractivity contribution is 7.98. The maximum atomic E-state index is 12.2. The number of nitrogens with zero attached hydrogens (tertiary/aromatic N) is 1. The number of halogens is 2. The first-order chi connectivity index (χ1) is 5.45. The minimum Gasteiger partial charge on any atom is -0.208 e. The van der Waals surface area contributed by atoms with E-state index >= 15 is 0 Å². The molecule has 12 heavy (non-hydrogen) atoms. The molecule has 0 aromatic heterocycles. The SMILES string of the molecule is CSCC(C)(C)C(N=O)C(F)F. The van der Waals surface area contributed by atoms with Gasteiger partial charge >= 0.3 is 0 Å². The van der Waals surface area contributed by atoms with Crippen LogP contribution in [0.1, 0.15) is 13.8 Å². The molecule has 0 N–H and O–H groups in total. The third kappa shape index (κ3) is 3.05. The number of hydrogen-bond donors (Lipinski definition) is 0. The predicted molar refractivity (Wildman–Crippen MR) is 47.8 cm³/mol. The summed E-state index contributed by atoms with van der Waals surface area (Å²) in [4.78, 5) is 10.1. The van der Waals surface area contributed by atoms with Crippen LogP contribution in [-0.4, -0.2) is 24.5 Å². The second kappa shape index (κ2) is 4.74. The van der Waals surface area contributed by atoms with Crippen LogP contribution < -0.4 is 0 Å². The Morgan fingerprint density at radius 1 is 1.50 bits per heavy atom. The van der Waals surface area contributed by atoms with Gasteiger partial charge in [0.15, 0.2) is 6.04 Å². The summed E-state index contributed by atoms with van der Waals surface area (Å²) in [6.07, 6.45) is -0.848. The van der Waals surface area contributed by atoms with E-state index in [1.54, 1.807) is 13.8 Å². The average molecular weight is 197 g/mol. The number of thioether (sulfide) groups is 1. The van der Waals surface area contributed by atoms with Gasteiger partial charge in [-0.2, -0.15) is 16.7 Å². The number of hydrogen-bond acceptors (Lipinski definition) is 3. The van der Waals surface area contributed by atoms with E-state index in [0.717, 1.165) is 0 Å². The number of rotatable bonds is 5. The van der Waals surface area contributed by atoms with Crippen molar-refractivity contribution in [3.8, 4) is 0 Å². The van der Waals surface area contributed by atoms with Gasteiger partial charge in [-0.15, -0.1) is 0 Å². The molecule has 0 aromatic carbocycles. The Bertz CT molecular complexity index is 152. The largest absolute Gasteiger partial charge is 0.264 e. The van der Waals surface area contributed by atoms with Gasteiger partial charge < -0.3 is 0 Å². The molecule has 0 aliphatic carbocycles. The monoisotopic (exact) mass is 197 g/mol. The van der Waals surface area contributed by atoms with Gasteiger partial charge in [0.05, 0.1) is 0 Å². The van der Waals surface area contributed by atoms with Gasteiger partial charge in [-0.3, -0.25) is 0 Å². The average Bonchev–Trinajstić information content (AvgIpc) is 1.86. The van der Waals surface area contributed by atoms with E-state index in [9.17, 15) is 13.7 Å². The molecule has 0 aliphatic rings. The van der Waals surface area contributed by atoms with Crippen molar-refractivity contribution in [2.24, 2.45) is 10.6 Å². The topological polar surface area (TPSA) is 29.4 Å². The Hall–Kier alpha value is -0.190. The summed E-state index contributed by atoms with van der Waals surface area (Å²) >= 11 is 1.44. The van der Waals surface area contributed by atoms with Crippen LogP contribution >= 0.6 is 11.8 Å². The summed E-state index contributed by atoms with van der Waals surface area (Å²) in [6, 6.07) is -1.40. The maximum absolute atomic E-state index is 12.2. The third-order valence-electron chi connectivity index (χ3n) is 1.67. The molecular weight excluding hydrogens is 184 g/mol. The molecule has 0 spiro atoms. The molecule has 0 fully saturated rings. The zero-order valence-electron chi connectivity index (χ0n) is 7.38.